The number of nitrogens with two attached hydrogens (primary N) is 1. The summed E-state index contributed by atoms with van der Waals surface area (Å²) in [5, 5.41) is 0. The number of rotatable bonds is 18. The van der Waals surface area contributed by atoms with Gasteiger partial charge in [0.25, 0.3) is 0 Å². The van der Waals surface area contributed by atoms with Gasteiger partial charge in [-0.1, -0.05) is 218 Å². The molecule has 67 heavy (non-hydrogen) atoms. The predicted molar refractivity (Wildman–Crippen MR) is 292 cm³/mol. The molecule has 3 nitrogen and oxygen atoms in total. The molecule has 0 bridgehead atoms. The SMILES string of the molecule is C=C/C=C\C=C/C/C=C/C=C(\C=C/N)N(C(/C=C\Cc1ccccc1)=C/C=C)c1ccc(C)cc1.Cc1ccc(N(c2ccc(-c3ccccc3)cc2)c2ccc(-c3ccccc3)cc2)cc1. The van der Waals surface area contributed by atoms with Gasteiger partial charge in [-0.25, -0.2) is 0 Å². The van der Waals surface area contributed by atoms with Gasteiger partial charge in [0, 0.05) is 34.1 Å². The van der Waals surface area contributed by atoms with E-state index in [2.05, 4.69) is 255 Å². The zero-order valence-corrected chi connectivity index (χ0v) is 38.8. The van der Waals surface area contributed by atoms with Crippen LogP contribution in [0.4, 0.5) is 22.7 Å². The third-order valence-electron chi connectivity index (χ3n) is 10.8. The molecule has 0 aromatic heterocycles. The van der Waals surface area contributed by atoms with E-state index < -0.39 is 0 Å². The standard InChI is InChI=1S/C33H36N2.C31H25N/c1-4-6-7-8-9-10-11-15-21-32(27-28-34)35(33-25-23-29(3)24-26-33)31(17-5-2)22-16-20-30-18-13-12-14-19-30;1-24-12-18-29(19-13-24)32(30-20-14-27(15-21-30)25-8-4-2-5-9-25)31-22-16-28(17-23-31)26-10-6-3-7-11-26/h4-9,11-19,21-28H,1-2,10,20,34H2,3H3;2-23H,1H3/b7-6-,9-8-,15-11+,22-16-,28-27-,31-17+,32-21+;. The molecule has 0 saturated carbocycles. The molecule has 0 unspecified atom stereocenters. The van der Waals surface area contributed by atoms with Crippen LogP contribution < -0.4 is 15.5 Å². The normalized spacial score (nSPS) is 11.9. The first kappa shape index (κ1) is 48.1. The molecular formula is C64H61N3. The number of hydrogen-bond acceptors (Lipinski definition) is 3. The van der Waals surface area contributed by atoms with E-state index in [1.165, 1.54) is 38.9 Å². The molecule has 0 aliphatic heterocycles. The van der Waals surface area contributed by atoms with E-state index in [9.17, 15) is 0 Å². The van der Waals surface area contributed by atoms with E-state index in [1.807, 2.05) is 42.5 Å². The molecule has 0 heterocycles. The number of hydrogen-bond donors (Lipinski definition) is 1. The Hall–Kier alpha value is -8.40. The van der Waals surface area contributed by atoms with Crippen LogP contribution in [0.2, 0.25) is 0 Å². The van der Waals surface area contributed by atoms with Gasteiger partial charge in [-0.2, -0.15) is 0 Å². The minimum atomic E-state index is 0.828. The van der Waals surface area contributed by atoms with Gasteiger partial charge >= 0.3 is 0 Å². The molecule has 332 valence electrons. The van der Waals surface area contributed by atoms with Crippen molar-refractivity contribution in [2.45, 2.75) is 26.7 Å². The highest BCUT2D eigenvalue weighted by molar-refractivity contribution is 5.80. The van der Waals surface area contributed by atoms with Gasteiger partial charge in [-0.15, -0.1) is 0 Å². The van der Waals surface area contributed by atoms with Crippen molar-refractivity contribution in [1.29, 1.82) is 0 Å². The first-order valence-corrected chi connectivity index (χ1v) is 22.7. The Bertz CT molecular complexity index is 2710. The summed E-state index contributed by atoms with van der Waals surface area (Å²) in [6.07, 6.45) is 29.2. The van der Waals surface area contributed by atoms with Crippen molar-refractivity contribution in [3.8, 4) is 22.3 Å². The molecule has 0 radical (unpaired) electrons. The molecule has 0 aliphatic rings. The van der Waals surface area contributed by atoms with Crippen LogP contribution in [0, 0.1) is 13.8 Å². The minimum absolute atomic E-state index is 0.828. The lowest BCUT2D eigenvalue weighted by molar-refractivity contribution is 1.13. The Morgan fingerprint density at radius 3 is 1.37 bits per heavy atom. The third kappa shape index (κ3) is 14.8. The summed E-state index contributed by atoms with van der Waals surface area (Å²) >= 11 is 0. The van der Waals surface area contributed by atoms with E-state index in [0.29, 0.717) is 0 Å². The van der Waals surface area contributed by atoms with E-state index >= 15 is 0 Å². The van der Waals surface area contributed by atoms with Gasteiger partial charge in [0.2, 0.25) is 0 Å². The highest BCUT2D eigenvalue weighted by atomic mass is 15.2. The summed E-state index contributed by atoms with van der Waals surface area (Å²) < 4.78 is 0. The van der Waals surface area contributed by atoms with E-state index in [4.69, 9.17) is 5.73 Å². The summed E-state index contributed by atoms with van der Waals surface area (Å²) in [5.41, 5.74) is 20.9. The quantitative estimate of drug-likeness (QED) is 0.0872. The van der Waals surface area contributed by atoms with Gasteiger partial charge in [-0.3, -0.25) is 0 Å². The van der Waals surface area contributed by atoms with Crippen LogP contribution >= 0.6 is 0 Å². The van der Waals surface area contributed by atoms with Gasteiger partial charge in [-0.05, 0) is 134 Å². The lowest BCUT2D eigenvalue weighted by Gasteiger charge is -2.27. The molecule has 0 amide bonds. The second-order valence-electron chi connectivity index (χ2n) is 15.8. The molecule has 3 heteroatoms. The fourth-order valence-electron chi connectivity index (χ4n) is 7.33. The first-order valence-electron chi connectivity index (χ1n) is 22.7. The molecular weight excluding hydrogens is 811 g/mol. The van der Waals surface area contributed by atoms with Crippen LogP contribution in [0.3, 0.4) is 0 Å². The highest BCUT2D eigenvalue weighted by Crippen LogP contribution is 2.37. The molecule has 2 N–H and O–H groups in total. The van der Waals surface area contributed by atoms with Gasteiger partial charge < -0.3 is 15.5 Å². The smallest absolute Gasteiger partial charge is 0.0475 e. The molecule has 7 rings (SSSR count). The fraction of sp³-hybridized carbons (Fsp3) is 0.0625. The van der Waals surface area contributed by atoms with Crippen molar-refractivity contribution < 1.29 is 0 Å². The Kier molecular flexibility index (Phi) is 18.9. The molecule has 0 fully saturated rings. The number of nitrogens with zero attached hydrogens (tertiary/aromatic N) is 2. The maximum absolute atomic E-state index is 5.86. The number of anilines is 4. The van der Waals surface area contributed by atoms with E-state index in [1.54, 1.807) is 12.3 Å². The van der Waals surface area contributed by atoms with Crippen molar-refractivity contribution in [3.63, 3.8) is 0 Å². The van der Waals surface area contributed by atoms with Crippen molar-refractivity contribution in [2.24, 2.45) is 5.73 Å². The Morgan fingerprint density at radius 1 is 0.433 bits per heavy atom. The number of benzene rings is 7. The second-order valence-corrected chi connectivity index (χ2v) is 15.8. The number of allylic oxidation sites excluding steroid dienone is 13. The zero-order chi connectivity index (χ0) is 46.9. The van der Waals surface area contributed by atoms with Gasteiger partial charge in [0.05, 0.1) is 0 Å². The van der Waals surface area contributed by atoms with Crippen molar-refractivity contribution in [1.82, 2.24) is 0 Å². The van der Waals surface area contributed by atoms with Gasteiger partial charge in [0.15, 0.2) is 0 Å². The number of aryl methyl sites for hydroxylation is 2. The Morgan fingerprint density at radius 2 is 0.881 bits per heavy atom. The Labute approximate surface area is 399 Å². The second kappa shape index (κ2) is 26.4. The van der Waals surface area contributed by atoms with Gasteiger partial charge in [0.1, 0.15) is 0 Å². The Balaban J connectivity index is 0.000000222. The molecule has 0 aliphatic carbocycles. The lowest BCUT2D eigenvalue weighted by Crippen LogP contribution is -2.20. The van der Waals surface area contributed by atoms with Crippen molar-refractivity contribution >= 4 is 22.7 Å². The van der Waals surface area contributed by atoms with E-state index in [-0.39, 0.29) is 0 Å². The maximum atomic E-state index is 5.86. The molecule has 7 aromatic carbocycles. The van der Waals surface area contributed by atoms with Crippen molar-refractivity contribution in [2.75, 3.05) is 9.80 Å². The summed E-state index contributed by atoms with van der Waals surface area (Å²) in [5.74, 6) is 0. The van der Waals surface area contributed by atoms with Crippen LogP contribution in [-0.4, -0.2) is 0 Å². The van der Waals surface area contributed by atoms with Crippen molar-refractivity contribution in [3.05, 3.63) is 314 Å². The summed E-state index contributed by atoms with van der Waals surface area (Å²) in [7, 11) is 0. The van der Waals surface area contributed by atoms with Crippen LogP contribution in [0.15, 0.2) is 298 Å². The average molecular weight is 872 g/mol. The molecule has 7 aromatic rings. The molecule has 0 spiro atoms. The highest BCUT2D eigenvalue weighted by Gasteiger charge is 2.15. The summed E-state index contributed by atoms with van der Waals surface area (Å²) in [4.78, 5) is 4.49. The lowest BCUT2D eigenvalue weighted by atomic mass is 10.0. The maximum Gasteiger partial charge on any atom is 0.0475 e. The zero-order valence-electron chi connectivity index (χ0n) is 38.8. The first-order chi connectivity index (χ1) is 33.0. The molecule has 0 atom stereocenters. The monoisotopic (exact) mass is 871 g/mol. The molecule has 0 saturated heterocycles. The largest absolute Gasteiger partial charge is 0.405 e. The van der Waals surface area contributed by atoms with Crippen LogP contribution in [-0.2, 0) is 6.42 Å². The summed E-state index contributed by atoms with van der Waals surface area (Å²) in [6.45, 7) is 11.8. The summed E-state index contributed by atoms with van der Waals surface area (Å²) in [6, 6.07) is 66.2. The van der Waals surface area contributed by atoms with Crippen LogP contribution in [0.5, 0.6) is 0 Å². The van der Waals surface area contributed by atoms with E-state index in [0.717, 1.165) is 47.0 Å². The third-order valence-corrected chi connectivity index (χ3v) is 10.8. The predicted octanol–water partition coefficient (Wildman–Crippen LogP) is 17.1. The van der Waals surface area contributed by atoms with Crippen LogP contribution in [0.1, 0.15) is 23.1 Å². The van der Waals surface area contributed by atoms with Crippen LogP contribution in [0.25, 0.3) is 22.3 Å². The minimum Gasteiger partial charge on any atom is -0.405 e. The fourth-order valence-corrected chi connectivity index (χ4v) is 7.33. The topological polar surface area (TPSA) is 32.5 Å². The average Bonchev–Trinajstić information content (AvgIpc) is 3.37.